The summed E-state index contributed by atoms with van der Waals surface area (Å²) in [6.45, 7) is 2.10. The van der Waals surface area contributed by atoms with Crippen molar-refractivity contribution < 1.29 is 4.74 Å². The highest BCUT2D eigenvalue weighted by Crippen LogP contribution is 2.30. The Morgan fingerprint density at radius 3 is 2.76 bits per heavy atom. The standard InChI is InChI=1S/C13H17N3O/c1-10(14-2)13-11(16-9-5-8-15-16)6-4-7-12(13)17-3/h4-10,14H,1-3H3. The minimum Gasteiger partial charge on any atom is -0.496 e. The predicted octanol–water partition coefficient (Wildman–Crippen LogP) is 2.16. The van der Waals surface area contributed by atoms with Gasteiger partial charge < -0.3 is 10.1 Å². The molecule has 4 nitrogen and oxygen atoms in total. The lowest BCUT2D eigenvalue weighted by Crippen LogP contribution is -2.16. The van der Waals surface area contributed by atoms with Gasteiger partial charge in [0.05, 0.1) is 12.8 Å². The molecule has 0 bridgehead atoms. The van der Waals surface area contributed by atoms with Gasteiger partial charge in [-0.3, -0.25) is 0 Å². The summed E-state index contributed by atoms with van der Waals surface area (Å²) in [4.78, 5) is 0. The highest BCUT2D eigenvalue weighted by atomic mass is 16.5. The van der Waals surface area contributed by atoms with E-state index < -0.39 is 0 Å². The van der Waals surface area contributed by atoms with E-state index in [1.54, 1.807) is 13.3 Å². The Morgan fingerprint density at radius 2 is 2.18 bits per heavy atom. The molecule has 1 atom stereocenters. The second kappa shape index (κ2) is 5.01. The van der Waals surface area contributed by atoms with E-state index in [9.17, 15) is 0 Å². The number of benzene rings is 1. The SMILES string of the molecule is CNC(C)c1c(OC)cccc1-n1cccn1. The van der Waals surface area contributed by atoms with Gasteiger partial charge in [-0.2, -0.15) is 5.10 Å². The van der Waals surface area contributed by atoms with E-state index in [0.29, 0.717) is 0 Å². The maximum atomic E-state index is 5.43. The molecule has 1 heterocycles. The number of aromatic nitrogens is 2. The van der Waals surface area contributed by atoms with Gasteiger partial charge in [-0.1, -0.05) is 6.07 Å². The number of hydrogen-bond donors (Lipinski definition) is 1. The first-order chi connectivity index (χ1) is 8.27. The molecule has 0 radical (unpaired) electrons. The van der Waals surface area contributed by atoms with Crippen molar-refractivity contribution in [2.45, 2.75) is 13.0 Å². The molecule has 0 aliphatic heterocycles. The van der Waals surface area contributed by atoms with E-state index in [0.717, 1.165) is 17.0 Å². The van der Waals surface area contributed by atoms with Crippen LogP contribution in [0.15, 0.2) is 36.7 Å². The Balaban J connectivity index is 2.58. The molecule has 0 aliphatic rings. The molecule has 0 saturated heterocycles. The number of methoxy groups -OCH3 is 1. The van der Waals surface area contributed by atoms with Gasteiger partial charge in [0.1, 0.15) is 5.75 Å². The first-order valence-corrected chi connectivity index (χ1v) is 5.62. The smallest absolute Gasteiger partial charge is 0.125 e. The van der Waals surface area contributed by atoms with Crippen LogP contribution in [0.3, 0.4) is 0 Å². The molecular weight excluding hydrogens is 214 g/mol. The van der Waals surface area contributed by atoms with Crippen LogP contribution in [0.5, 0.6) is 5.75 Å². The van der Waals surface area contributed by atoms with Crippen molar-refractivity contribution in [3.05, 3.63) is 42.2 Å². The fourth-order valence-electron chi connectivity index (χ4n) is 1.90. The Labute approximate surface area is 101 Å². The van der Waals surface area contributed by atoms with Gasteiger partial charge in [-0.25, -0.2) is 4.68 Å². The van der Waals surface area contributed by atoms with Gasteiger partial charge >= 0.3 is 0 Å². The number of nitrogens with one attached hydrogen (secondary N) is 1. The molecule has 17 heavy (non-hydrogen) atoms. The second-order valence-corrected chi connectivity index (χ2v) is 3.85. The van der Waals surface area contributed by atoms with Crippen LogP contribution < -0.4 is 10.1 Å². The van der Waals surface area contributed by atoms with Crippen LogP contribution in [-0.4, -0.2) is 23.9 Å². The van der Waals surface area contributed by atoms with Crippen molar-refractivity contribution in [1.82, 2.24) is 15.1 Å². The minimum atomic E-state index is 0.199. The van der Waals surface area contributed by atoms with E-state index in [1.807, 2.05) is 42.2 Å². The summed E-state index contributed by atoms with van der Waals surface area (Å²) in [7, 11) is 3.62. The molecule has 1 aromatic heterocycles. The zero-order valence-corrected chi connectivity index (χ0v) is 10.3. The summed E-state index contributed by atoms with van der Waals surface area (Å²) in [5.74, 6) is 0.875. The zero-order chi connectivity index (χ0) is 12.3. The van der Waals surface area contributed by atoms with Gasteiger partial charge in [0, 0.05) is 24.0 Å². The normalized spacial score (nSPS) is 12.4. The van der Waals surface area contributed by atoms with Gasteiger partial charge in [0.25, 0.3) is 0 Å². The first-order valence-electron chi connectivity index (χ1n) is 5.62. The molecule has 0 amide bonds. The van der Waals surface area contributed by atoms with Gasteiger partial charge in [0.2, 0.25) is 0 Å². The molecule has 1 unspecified atom stereocenters. The Morgan fingerprint density at radius 1 is 1.35 bits per heavy atom. The second-order valence-electron chi connectivity index (χ2n) is 3.85. The van der Waals surface area contributed by atoms with Crippen molar-refractivity contribution in [2.75, 3.05) is 14.2 Å². The van der Waals surface area contributed by atoms with Crippen molar-refractivity contribution in [2.24, 2.45) is 0 Å². The topological polar surface area (TPSA) is 39.1 Å². The highest BCUT2D eigenvalue weighted by molar-refractivity contribution is 5.51. The minimum absolute atomic E-state index is 0.199. The molecular formula is C13H17N3O. The van der Waals surface area contributed by atoms with Crippen molar-refractivity contribution in [3.8, 4) is 11.4 Å². The third-order valence-corrected chi connectivity index (χ3v) is 2.88. The number of nitrogens with zero attached hydrogens (tertiary/aromatic N) is 2. The molecule has 2 rings (SSSR count). The van der Waals surface area contributed by atoms with E-state index in [-0.39, 0.29) is 6.04 Å². The van der Waals surface area contributed by atoms with Crippen LogP contribution in [0.4, 0.5) is 0 Å². The van der Waals surface area contributed by atoms with Crippen molar-refractivity contribution in [1.29, 1.82) is 0 Å². The van der Waals surface area contributed by atoms with Gasteiger partial charge in [-0.05, 0) is 32.2 Å². The monoisotopic (exact) mass is 231 g/mol. The molecule has 1 N–H and O–H groups in total. The first kappa shape index (κ1) is 11.7. The average molecular weight is 231 g/mol. The summed E-state index contributed by atoms with van der Waals surface area (Å²) in [5, 5.41) is 7.51. The number of hydrogen-bond acceptors (Lipinski definition) is 3. The van der Waals surface area contributed by atoms with E-state index in [2.05, 4.69) is 17.3 Å². The third-order valence-electron chi connectivity index (χ3n) is 2.88. The molecule has 0 spiro atoms. The largest absolute Gasteiger partial charge is 0.496 e. The number of rotatable bonds is 4. The maximum Gasteiger partial charge on any atom is 0.125 e. The quantitative estimate of drug-likeness (QED) is 0.876. The molecule has 4 heteroatoms. The van der Waals surface area contributed by atoms with E-state index in [4.69, 9.17) is 4.74 Å². The fraction of sp³-hybridized carbons (Fsp3) is 0.308. The Hall–Kier alpha value is -1.81. The highest BCUT2D eigenvalue weighted by Gasteiger charge is 2.15. The molecule has 0 saturated carbocycles. The lowest BCUT2D eigenvalue weighted by Gasteiger charge is -2.19. The average Bonchev–Trinajstić information content (AvgIpc) is 2.90. The third kappa shape index (κ3) is 2.17. The summed E-state index contributed by atoms with van der Waals surface area (Å²) < 4.78 is 7.28. The fourth-order valence-corrected chi connectivity index (χ4v) is 1.90. The zero-order valence-electron chi connectivity index (χ0n) is 10.3. The van der Waals surface area contributed by atoms with Crippen LogP contribution in [0.25, 0.3) is 5.69 Å². The van der Waals surface area contributed by atoms with Crippen LogP contribution in [0, 0.1) is 0 Å². The predicted molar refractivity (Wildman–Crippen MR) is 67.6 cm³/mol. The van der Waals surface area contributed by atoms with Crippen LogP contribution >= 0.6 is 0 Å². The molecule has 90 valence electrons. The van der Waals surface area contributed by atoms with Crippen molar-refractivity contribution >= 4 is 0 Å². The summed E-state index contributed by atoms with van der Waals surface area (Å²) >= 11 is 0. The lowest BCUT2D eigenvalue weighted by atomic mass is 10.0. The lowest BCUT2D eigenvalue weighted by molar-refractivity contribution is 0.403. The maximum absolute atomic E-state index is 5.43. The molecule has 0 fully saturated rings. The molecule has 0 aliphatic carbocycles. The van der Waals surface area contributed by atoms with Gasteiger partial charge in [0.15, 0.2) is 0 Å². The Bertz CT molecular complexity index is 479. The molecule has 2 aromatic rings. The Kier molecular flexibility index (Phi) is 3.44. The molecule has 1 aromatic carbocycles. The van der Waals surface area contributed by atoms with Crippen LogP contribution in [0.1, 0.15) is 18.5 Å². The van der Waals surface area contributed by atoms with E-state index >= 15 is 0 Å². The van der Waals surface area contributed by atoms with Crippen LogP contribution in [0.2, 0.25) is 0 Å². The summed E-state index contributed by atoms with van der Waals surface area (Å²) in [6.07, 6.45) is 3.70. The van der Waals surface area contributed by atoms with Crippen LogP contribution in [-0.2, 0) is 0 Å². The number of ether oxygens (including phenoxy) is 1. The van der Waals surface area contributed by atoms with Gasteiger partial charge in [-0.15, -0.1) is 0 Å². The summed E-state index contributed by atoms with van der Waals surface area (Å²) in [5.41, 5.74) is 2.15. The van der Waals surface area contributed by atoms with Crippen molar-refractivity contribution in [3.63, 3.8) is 0 Å². The van der Waals surface area contributed by atoms with E-state index in [1.165, 1.54) is 0 Å². The summed E-state index contributed by atoms with van der Waals surface area (Å²) in [6, 6.07) is 8.09.